The Balaban J connectivity index is 0.000000371. The SMILES string of the molecule is CCc1[cH-]c2cccc(-c3ccc(C(C)(C)C)cc3)c2c1C(C)c1c(CC)[cH-]c2cccc(-c3ccc(C(C)(C)C)cc3)c12.[CH2-]c1ccccc1.[CH2-]c1ccccc1.[Hf+4]. The van der Waals surface area contributed by atoms with Crippen LogP contribution in [-0.2, 0) is 49.5 Å². The van der Waals surface area contributed by atoms with Crippen molar-refractivity contribution in [1.82, 2.24) is 0 Å². The van der Waals surface area contributed by atoms with Crippen molar-refractivity contribution in [2.75, 3.05) is 0 Å². The Hall–Kier alpha value is -4.85. The second-order valence-electron chi connectivity index (χ2n) is 17.8. The molecule has 1 heteroatoms. The average Bonchev–Trinajstić information content (AvgIpc) is 3.80. The third kappa shape index (κ3) is 10.5. The van der Waals surface area contributed by atoms with E-state index in [2.05, 4.69) is 173 Å². The Kier molecular flexibility index (Phi) is 14.9. The number of rotatable bonds is 6. The predicted octanol–water partition coefficient (Wildman–Crippen LogP) is 16.4. The number of aryl methyl sites for hydroxylation is 2. The Morgan fingerprint density at radius 3 is 1.07 bits per heavy atom. The first-order valence-corrected chi connectivity index (χ1v) is 21.1. The van der Waals surface area contributed by atoms with Gasteiger partial charge in [0.1, 0.15) is 0 Å². The van der Waals surface area contributed by atoms with Crippen molar-refractivity contribution in [2.24, 2.45) is 0 Å². The first-order valence-electron chi connectivity index (χ1n) is 21.1. The van der Waals surface area contributed by atoms with Crippen molar-refractivity contribution in [3.05, 3.63) is 216 Å². The van der Waals surface area contributed by atoms with Crippen LogP contribution < -0.4 is 0 Å². The normalized spacial score (nSPS) is 11.4. The molecule has 0 spiro atoms. The molecule has 8 rings (SSSR count). The molecule has 0 saturated heterocycles. The van der Waals surface area contributed by atoms with Crippen molar-refractivity contribution in [1.29, 1.82) is 0 Å². The maximum atomic E-state index is 3.72. The summed E-state index contributed by atoms with van der Waals surface area (Å²) in [5, 5.41) is 5.55. The fourth-order valence-corrected chi connectivity index (χ4v) is 8.29. The van der Waals surface area contributed by atoms with Gasteiger partial charge in [0.25, 0.3) is 0 Å². The van der Waals surface area contributed by atoms with E-state index in [0.29, 0.717) is 0 Å². The van der Waals surface area contributed by atoms with Gasteiger partial charge in [-0.05, 0) is 45.9 Å². The summed E-state index contributed by atoms with van der Waals surface area (Å²) in [7, 11) is 0. The fourth-order valence-electron chi connectivity index (χ4n) is 8.29. The number of hydrogen-bond donors (Lipinski definition) is 0. The smallest absolute Gasteiger partial charge is 0.199 e. The zero-order valence-electron chi connectivity index (χ0n) is 36.9. The van der Waals surface area contributed by atoms with E-state index < -0.39 is 0 Å². The Labute approximate surface area is 375 Å². The summed E-state index contributed by atoms with van der Waals surface area (Å²) in [5.41, 5.74) is 16.4. The molecule has 0 aliphatic rings. The van der Waals surface area contributed by atoms with Gasteiger partial charge in [-0.1, -0.05) is 152 Å². The van der Waals surface area contributed by atoms with Gasteiger partial charge < -0.3 is 0 Å². The van der Waals surface area contributed by atoms with Gasteiger partial charge in [0.2, 0.25) is 0 Å². The standard InChI is InChI=1S/C44H48.2C7H7.Hf/c1-10-29-26-33-14-12-16-37(31-18-22-35(23-19-31)43(4,5)6)41(33)39(29)28(3)40-30(11-2)27-34-15-13-17-38(42(34)40)32-20-24-36(25-21-32)44(7,8)9;2*1-7-5-3-2-4-6-7;/h12-28H,10-11H2,1-9H3;2*2-6H,1H2;/q-2;2*-1;+4. The largest absolute Gasteiger partial charge is 4.00 e. The van der Waals surface area contributed by atoms with Gasteiger partial charge in [0.15, 0.2) is 0 Å². The molecular formula is C58H62Hf. The zero-order valence-corrected chi connectivity index (χ0v) is 40.5. The van der Waals surface area contributed by atoms with Crippen LogP contribution in [0.25, 0.3) is 43.8 Å². The summed E-state index contributed by atoms with van der Waals surface area (Å²) in [5.74, 6) is 0.264. The van der Waals surface area contributed by atoms with Crippen molar-refractivity contribution >= 4 is 21.5 Å². The maximum Gasteiger partial charge on any atom is 4.00 e. The van der Waals surface area contributed by atoms with E-state index in [1.54, 1.807) is 0 Å². The first kappa shape index (κ1) is 45.2. The van der Waals surface area contributed by atoms with Crippen molar-refractivity contribution in [3.63, 3.8) is 0 Å². The van der Waals surface area contributed by atoms with E-state index in [0.717, 1.165) is 24.0 Å². The van der Waals surface area contributed by atoms with Crippen molar-refractivity contribution in [3.8, 4) is 22.3 Å². The van der Waals surface area contributed by atoms with Crippen LogP contribution in [0, 0.1) is 13.8 Å². The number of hydrogen-bond acceptors (Lipinski definition) is 0. The zero-order chi connectivity index (χ0) is 41.6. The molecule has 8 aromatic carbocycles. The molecule has 8 aromatic rings. The summed E-state index contributed by atoms with van der Waals surface area (Å²) < 4.78 is 0. The van der Waals surface area contributed by atoms with E-state index in [1.807, 2.05) is 60.7 Å². The molecule has 0 saturated carbocycles. The topological polar surface area (TPSA) is 0 Å². The van der Waals surface area contributed by atoms with Crippen LogP contribution in [0.3, 0.4) is 0 Å². The van der Waals surface area contributed by atoms with Crippen LogP contribution in [0.15, 0.2) is 158 Å². The van der Waals surface area contributed by atoms with E-state index in [9.17, 15) is 0 Å². The molecule has 0 N–H and O–H groups in total. The second kappa shape index (κ2) is 19.5. The third-order valence-electron chi connectivity index (χ3n) is 11.5. The number of fused-ring (bicyclic) bond motifs is 2. The van der Waals surface area contributed by atoms with Crippen LogP contribution in [0.5, 0.6) is 0 Å². The average molecular weight is 938 g/mol. The molecule has 0 amide bonds. The molecule has 0 atom stereocenters. The van der Waals surface area contributed by atoms with E-state index in [-0.39, 0.29) is 42.6 Å². The van der Waals surface area contributed by atoms with Crippen molar-refractivity contribution in [2.45, 2.75) is 91.9 Å². The van der Waals surface area contributed by atoms with Crippen molar-refractivity contribution < 1.29 is 25.8 Å². The Morgan fingerprint density at radius 1 is 0.458 bits per heavy atom. The van der Waals surface area contributed by atoms with E-state index in [4.69, 9.17) is 0 Å². The van der Waals surface area contributed by atoms with E-state index in [1.165, 1.54) is 77.2 Å². The monoisotopic (exact) mass is 938 g/mol. The Morgan fingerprint density at radius 2 is 0.797 bits per heavy atom. The fraction of sp³-hybridized carbons (Fsp3) is 0.241. The summed E-state index contributed by atoms with van der Waals surface area (Å²) in [6.07, 6.45) is 2.05. The minimum atomic E-state index is 0. The van der Waals surface area contributed by atoms with Gasteiger partial charge in [0, 0.05) is 0 Å². The maximum absolute atomic E-state index is 3.72. The molecule has 0 aliphatic heterocycles. The first-order chi connectivity index (χ1) is 27.7. The molecule has 0 fully saturated rings. The number of benzene rings is 6. The van der Waals surface area contributed by atoms with Gasteiger partial charge >= 0.3 is 25.8 Å². The van der Waals surface area contributed by atoms with Gasteiger partial charge in [-0.25, -0.2) is 0 Å². The minimum absolute atomic E-state index is 0. The molecule has 0 heterocycles. The second-order valence-corrected chi connectivity index (χ2v) is 17.8. The van der Waals surface area contributed by atoms with Crippen LogP contribution in [0.4, 0.5) is 0 Å². The minimum Gasteiger partial charge on any atom is -0.199 e. The van der Waals surface area contributed by atoms with Gasteiger partial charge in [-0.15, -0.1) is 93.3 Å². The molecular weight excluding hydrogens is 875 g/mol. The summed E-state index contributed by atoms with van der Waals surface area (Å²) >= 11 is 0. The molecule has 0 nitrogen and oxygen atoms in total. The van der Waals surface area contributed by atoms with Gasteiger partial charge in [-0.2, -0.15) is 60.4 Å². The van der Waals surface area contributed by atoms with E-state index >= 15 is 0 Å². The summed E-state index contributed by atoms with van der Waals surface area (Å²) in [6.45, 7) is 28.3. The quantitative estimate of drug-likeness (QED) is 0.115. The summed E-state index contributed by atoms with van der Waals surface area (Å²) in [6, 6.07) is 57.0. The molecule has 0 aliphatic carbocycles. The molecule has 0 radical (unpaired) electrons. The van der Waals surface area contributed by atoms with Crippen LogP contribution in [0.1, 0.15) is 113 Å². The van der Waals surface area contributed by atoms with Crippen LogP contribution in [0.2, 0.25) is 0 Å². The van der Waals surface area contributed by atoms with Gasteiger partial charge in [0.05, 0.1) is 0 Å². The van der Waals surface area contributed by atoms with Gasteiger partial charge in [-0.3, -0.25) is 0 Å². The molecule has 0 unspecified atom stereocenters. The van der Waals surface area contributed by atoms with Crippen LogP contribution in [-0.4, -0.2) is 0 Å². The molecule has 0 bridgehead atoms. The Bertz CT molecular complexity index is 2350. The molecule has 298 valence electrons. The predicted molar refractivity (Wildman–Crippen MR) is 255 cm³/mol. The molecule has 59 heavy (non-hydrogen) atoms. The molecule has 0 aromatic heterocycles. The van der Waals surface area contributed by atoms with Crippen LogP contribution >= 0.6 is 0 Å². The summed E-state index contributed by atoms with van der Waals surface area (Å²) in [4.78, 5) is 0. The third-order valence-corrected chi connectivity index (χ3v) is 11.5.